The lowest BCUT2D eigenvalue weighted by atomic mass is 10.1. The van der Waals surface area contributed by atoms with E-state index in [4.69, 9.17) is 0 Å². The highest BCUT2D eigenvalue weighted by molar-refractivity contribution is 7.88. The third-order valence-electron chi connectivity index (χ3n) is 4.97. The van der Waals surface area contributed by atoms with Gasteiger partial charge in [0, 0.05) is 6.54 Å². The number of hydrogen-bond donors (Lipinski definition) is 1. The Morgan fingerprint density at radius 2 is 1.86 bits per heavy atom. The van der Waals surface area contributed by atoms with Crippen LogP contribution in [0.1, 0.15) is 35.8 Å². The second-order valence-electron chi connectivity index (χ2n) is 7.00. The van der Waals surface area contributed by atoms with Gasteiger partial charge in [-0.1, -0.05) is 12.1 Å². The molecule has 2 aromatic carbocycles. The Balaban J connectivity index is 1.58. The van der Waals surface area contributed by atoms with Crippen molar-refractivity contribution in [3.8, 4) is 0 Å². The number of benzene rings is 2. The third kappa shape index (κ3) is 3.99. The molecule has 0 aliphatic carbocycles. The molecule has 1 aromatic heterocycles. The number of rotatable bonds is 4. The van der Waals surface area contributed by atoms with Crippen LogP contribution in [0.15, 0.2) is 42.5 Å². The summed E-state index contributed by atoms with van der Waals surface area (Å²) in [7, 11) is -3.79. The highest BCUT2D eigenvalue weighted by atomic mass is 32.2. The molecule has 1 unspecified atom stereocenters. The van der Waals surface area contributed by atoms with Gasteiger partial charge < -0.3 is 4.98 Å². The number of sulfonamides is 1. The number of halogens is 4. The zero-order valence-corrected chi connectivity index (χ0v) is 15.9. The molecule has 4 rings (SSSR count). The summed E-state index contributed by atoms with van der Waals surface area (Å²) in [6.45, 7) is 0.291. The maximum absolute atomic E-state index is 13.4. The van der Waals surface area contributed by atoms with Crippen LogP contribution in [0.25, 0.3) is 11.0 Å². The molecular weight excluding hydrogens is 410 g/mol. The second-order valence-corrected chi connectivity index (χ2v) is 8.92. The first-order chi connectivity index (χ1) is 13.6. The van der Waals surface area contributed by atoms with Crippen molar-refractivity contribution in [2.75, 3.05) is 6.54 Å². The van der Waals surface area contributed by atoms with Crippen molar-refractivity contribution in [1.82, 2.24) is 14.3 Å². The molecule has 0 bridgehead atoms. The Kier molecular flexibility index (Phi) is 4.86. The molecular formula is C19H17F4N3O2S. The molecule has 2 heterocycles. The smallest absolute Gasteiger partial charge is 0.341 e. The number of H-pyrrole nitrogens is 1. The number of alkyl halides is 3. The zero-order valence-electron chi connectivity index (χ0n) is 15.1. The van der Waals surface area contributed by atoms with Gasteiger partial charge >= 0.3 is 6.18 Å². The maximum Gasteiger partial charge on any atom is 0.416 e. The van der Waals surface area contributed by atoms with E-state index in [-0.39, 0.29) is 5.56 Å². The van der Waals surface area contributed by atoms with E-state index >= 15 is 0 Å². The van der Waals surface area contributed by atoms with E-state index < -0.39 is 39.4 Å². The quantitative estimate of drug-likeness (QED) is 0.628. The molecule has 1 N–H and O–H groups in total. The van der Waals surface area contributed by atoms with Crippen molar-refractivity contribution in [2.24, 2.45) is 0 Å². The molecule has 0 radical (unpaired) electrons. The van der Waals surface area contributed by atoms with Crippen LogP contribution in [0.2, 0.25) is 0 Å². The molecule has 10 heteroatoms. The van der Waals surface area contributed by atoms with Crippen LogP contribution in [-0.2, 0) is 22.0 Å². The summed E-state index contributed by atoms with van der Waals surface area (Å²) in [4.78, 5) is 7.38. The second kappa shape index (κ2) is 7.10. The summed E-state index contributed by atoms with van der Waals surface area (Å²) < 4.78 is 78.7. The fourth-order valence-corrected chi connectivity index (χ4v) is 5.37. The van der Waals surface area contributed by atoms with Crippen molar-refractivity contribution in [3.63, 3.8) is 0 Å². The minimum Gasteiger partial charge on any atom is -0.341 e. The van der Waals surface area contributed by atoms with E-state index in [2.05, 4.69) is 9.97 Å². The van der Waals surface area contributed by atoms with Crippen molar-refractivity contribution in [3.05, 3.63) is 65.2 Å². The Labute approximate surface area is 164 Å². The predicted molar refractivity (Wildman–Crippen MR) is 98.8 cm³/mol. The lowest BCUT2D eigenvalue weighted by molar-refractivity contribution is -0.137. The van der Waals surface area contributed by atoms with Crippen molar-refractivity contribution >= 4 is 21.1 Å². The largest absolute Gasteiger partial charge is 0.416 e. The van der Waals surface area contributed by atoms with Crippen LogP contribution in [0.5, 0.6) is 0 Å². The molecule has 1 aliphatic heterocycles. The normalized spacial score (nSPS) is 18.6. The summed E-state index contributed by atoms with van der Waals surface area (Å²) in [5.74, 6) is -0.402. The summed E-state index contributed by atoms with van der Waals surface area (Å²) in [5, 5.41) is 0. The van der Waals surface area contributed by atoms with Gasteiger partial charge in [0.05, 0.1) is 28.4 Å². The van der Waals surface area contributed by atoms with Gasteiger partial charge in [0.25, 0.3) is 0 Å². The number of hydrogen-bond acceptors (Lipinski definition) is 3. The Morgan fingerprint density at radius 3 is 2.55 bits per heavy atom. The number of imidazole rings is 1. The van der Waals surface area contributed by atoms with Gasteiger partial charge in [-0.05, 0) is 48.7 Å². The first kappa shape index (κ1) is 19.8. The molecule has 0 amide bonds. The summed E-state index contributed by atoms with van der Waals surface area (Å²) in [5.41, 5.74) is 0.461. The lowest BCUT2D eigenvalue weighted by Crippen LogP contribution is -2.32. The molecule has 154 valence electrons. The average molecular weight is 427 g/mol. The Hall–Kier alpha value is -2.46. The van der Waals surface area contributed by atoms with E-state index in [1.54, 1.807) is 0 Å². The van der Waals surface area contributed by atoms with E-state index in [0.29, 0.717) is 36.2 Å². The van der Waals surface area contributed by atoms with Crippen LogP contribution in [-0.4, -0.2) is 29.2 Å². The first-order valence-electron chi connectivity index (χ1n) is 8.94. The highest BCUT2D eigenvalue weighted by Gasteiger charge is 2.37. The van der Waals surface area contributed by atoms with Gasteiger partial charge in [-0.25, -0.2) is 17.8 Å². The van der Waals surface area contributed by atoms with Crippen molar-refractivity contribution in [1.29, 1.82) is 0 Å². The molecule has 3 aromatic rings. The monoisotopic (exact) mass is 427 g/mol. The van der Waals surface area contributed by atoms with Gasteiger partial charge in [-0.3, -0.25) is 0 Å². The van der Waals surface area contributed by atoms with Gasteiger partial charge in [-0.15, -0.1) is 0 Å². The van der Waals surface area contributed by atoms with Crippen LogP contribution in [0.3, 0.4) is 0 Å². The van der Waals surface area contributed by atoms with Gasteiger partial charge in [0.2, 0.25) is 10.0 Å². The standard InChI is InChI=1S/C19H17F4N3O2S/c20-14-7-8-15-16(10-14)25-18(24-15)17-2-1-9-26(17)29(27,28)11-12-3-5-13(6-4-12)19(21,22)23/h3-8,10,17H,1-2,9,11H2,(H,24,25). The van der Waals surface area contributed by atoms with Crippen molar-refractivity contribution < 1.29 is 26.0 Å². The summed E-state index contributed by atoms with van der Waals surface area (Å²) in [6.07, 6.45) is -3.30. The van der Waals surface area contributed by atoms with Crippen LogP contribution < -0.4 is 0 Å². The fraction of sp³-hybridized carbons (Fsp3) is 0.316. The minimum absolute atomic E-state index is 0.273. The fourth-order valence-electron chi connectivity index (χ4n) is 3.59. The van der Waals surface area contributed by atoms with E-state index in [1.807, 2.05) is 0 Å². The minimum atomic E-state index is -4.47. The average Bonchev–Trinajstić information content (AvgIpc) is 3.27. The molecule has 29 heavy (non-hydrogen) atoms. The van der Waals surface area contributed by atoms with Crippen molar-refractivity contribution in [2.45, 2.75) is 30.8 Å². The molecule has 1 saturated heterocycles. The number of aromatic nitrogens is 2. The van der Waals surface area contributed by atoms with E-state index in [9.17, 15) is 26.0 Å². The molecule has 1 fully saturated rings. The Morgan fingerprint density at radius 1 is 1.14 bits per heavy atom. The Bertz CT molecular complexity index is 1140. The molecule has 5 nitrogen and oxygen atoms in total. The van der Waals surface area contributed by atoms with Gasteiger partial charge in [0.15, 0.2) is 0 Å². The molecule has 1 aliphatic rings. The van der Waals surface area contributed by atoms with Gasteiger partial charge in [0.1, 0.15) is 11.6 Å². The summed E-state index contributed by atoms with van der Waals surface area (Å²) in [6, 6.07) is 7.67. The van der Waals surface area contributed by atoms with Crippen LogP contribution in [0, 0.1) is 5.82 Å². The van der Waals surface area contributed by atoms with Crippen LogP contribution in [0.4, 0.5) is 17.6 Å². The summed E-state index contributed by atoms with van der Waals surface area (Å²) >= 11 is 0. The third-order valence-corrected chi connectivity index (χ3v) is 6.82. The predicted octanol–water partition coefficient (Wildman–Crippen LogP) is 4.39. The number of aromatic amines is 1. The lowest BCUT2D eigenvalue weighted by Gasteiger charge is -2.22. The topological polar surface area (TPSA) is 66.1 Å². The first-order valence-corrected chi connectivity index (χ1v) is 10.6. The highest BCUT2D eigenvalue weighted by Crippen LogP contribution is 2.35. The van der Waals surface area contributed by atoms with Gasteiger partial charge in [-0.2, -0.15) is 17.5 Å². The van der Waals surface area contributed by atoms with Crippen LogP contribution >= 0.6 is 0 Å². The molecule has 1 atom stereocenters. The van der Waals surface area contributed by atoms with E-state index in [0.717, 1.165) is 12.1 Å². The number of nitrogens with one attached hydrogen (secondary N) is 1. The number of fused-ring (bicyclic) bond motifs is 1. The van der Waals surface area contributed by atoms with E-state index in [1.165, 1.54) is 34.6 Å². The SMILES string of the molecule is O=S(=O)(Cc1ccc(C(F)(F)F)cc1)N1CCCC1c1nc2ccc(F)cc2[nH]1. The maximum atomic E-state index is 13.4. The molecule has 0 spiro atoms. The number of nitrogens with zero attached hydrogens (tertiary/aromatic N) is 2. The zero-order chi connectivity index (χ0) is 20.8. The molecule has 0 saturated carbocycles.